The maximum absolute atomic E-state index is 13.8. The molecule has 2 N–H and O–H groups in total. The molecule has 0 saturated carbocycles. The Morgan fingerprint density at radius 3 is 2.42 bits per heavy atom. The quantitative estimate of drug-likeness (QED) is 0.853. The first-order chi connectivity index (χ1) is 9.12. The van der Waals surface area contributed by atoms with Gasteiger partial charge in [0.25, 0.3) is 11.8 Å². The van der Waals surface area contributed by atoms with Crippen molar-refractivity contribution in [3.63, 3.8) is 0 Å². The average Bonchev–Trinajstić information content (AvgIpc) is 2.44. The molecule has 0 radical (unpaired) electrons. The Labute approximate surface area is 108 Å². The van der Waals surface area contributed by atoms with Crippen LogP contribution in [0.15, 0.2) is 12.1 Å². The van der Waals surface area contributed by atoms with Gasteiger partial charge >= 0.3 is 0 Å². The molecule has 6 nitrogen and oxygen atoms in total. The summed E-state index contributed by atoms with van der Waals surface area (Å²) in [6.45, 7) is -0.619. The van der Waals surface area contributed by atoms with Crippen molar-refractivity contribution < 1.29 is 24.1 Å². The van der Waals surface area contributed by atoms with Crippen LogP contribution in [0, 0.1) is 5.82 Å². The van der Waals surface area contributed by atoms with Crippen LogP contribution in [0.4, 0.5) is 4.39 Å². The number of fused-ring (bicyclic) bond motifs is 1. The molecule has 0 aliphatic carbocycles. The molecule has 0 saturated heterocycles. The molecule has 0 aliphatic rings. The molecular formula is C12H13FN2O4. The molecule has 0 aliphatic heterocycles. The molecule has 1 atom stereocenters. The summed E-state index contributed by atoms with van der Waals surface area (Å²) < 4.78 is 23.7. The molecule has 0 unspecified atom stereocenters. The lowest BCUT2D eigenvalue weighted by Crippen LogP contribution is -2.08. The molecule has 2 aromatic rings. The highest BCUT2D eigenvalue weighted by Crippen LogP contribution is 2.30. The molecule has 19 heavy (non-hydrogen) atoms. The highest BCUT2D eigenvalue weighted by atomic mass is 19.1. The van der Waals surface area contributed by atoms with E-state index in [2.05, 4.69) is 9.97 Å². The van der Waals surface area contributed by atoms with E-state index < -0.39 is 18.5 Å². The van der Waals surface area contributed by atoms with Crippen LogP contribution in [0.25, 0.3) is 11.0 Å². The SMILES string of the molecule is COc1nc2ccc(F)c([C@H](O)CO)c2nc1OC. The van der Waals surface area contributed by atoms with Gasteiger partial charge in [0, 0.05) is 5.56 Å². The fourth-order valence-corrected chi connectivity index (χ4v) is 1.76. The fourth-order valence-electron chi connectivity index (χ4n) is 1.76. The Morgan fingerprint density at radius 1 is 1.21 bits per heavy atom. The van der Waals surface area contributed by atoms with Gasteiger partial charge in [-0.2, -0.15) is 0 Å². The molecule has 1 heterocycles. The van der Waals surface area contributed by atoms with Crippen molar-refractivity contribution >= 4 is 11.0 Å². The number of aromatic nitrogens is 2. The highest BCUT2D eigenvalue weighted by molar-refractivity contribution is 5.80. The minimum absolute atomic E-state index is 0.0759. The van der Waals surface area contributed by atoms with Crippen LogP contribution in [-0.2, 0) is 0 Å². The van der Waals surface area contributed by atoms with E-state index in [1.807, 2.05) is 0 Å². The predicted molar refractivity (Wildman–Crippen MR) is 64.6 cm³/mol. The molecule has 0 amide bonds. The van der Waals surface area contributed by atoms with Crippen molar-refractivity contribution in [2.75, 3.05) is 20.8 Å². The number of rotatable bonds is 4. The van der Waals surface area contributed by atoms with Crippen LogP contribution in [0.2, 0.25) is 0 Å². The van der Waals surface area contributed by atoms with Crippen LogP contribution in [0.3, 0.4) is 0 Å². The van der Waals surface area contributed by atoms with Gasteiger partial charge in [0.15, 0.2) is 0 Å². The van der Waals surface area contributed by atoms with Crippen molar-refractivity contribution in [1.29, 1.82) is 0 Å². The van der Waals surface area contributed by atoms with Crippen molar-refractivity contribution in [3.8, 4) is 11.8 Å². The Bertz CT molecular complexity index is 606. The average molecular weight is 268 g/mol. The molecule has 1 aromatic heterocycles. The van der Waals surface area contributed by atoms with Crippen molar-refractivity contribution in [3.05, 3.63) is 23.5 Å². The lowest BCUT2D eigenvalue weighted by molar-refractivity contribution is 0.0936. The van der Waals surface area contributed by atoms with Crippen molar-refractivity contribution in [2.24, 2.45) is 0 Å². The number of nitrogens with zero attached hydrogens (tertiary/aromatic N) is 2. The van der Waals surface area contributed by atoms with Gasteiger partial charge < -0.3 is 19.7 Å². The van der Waals surface area contributed by atoms with E-state index in [0.717, 1.165) is 6.07 Å². The zero-order chi connectivity index (χ0) is 14.0. The maximum atomic E-state index is 13.8. The van der Waals surface area contributed by atoms with E-state index in [9.17, 15) is 9.50 Å². The second-order valence-corrected chi connectivity index (χ2v) is 3.77. The Kier molecular flexibility index (Phi) is 3.77. The maximum Gasteiger partial charge on any atom is 0.278 e. The number of halogens is 1. The van der Waals surface area contributed by atoms with Crippen molar-refractivity contribution in [2.45, 2.75) is 6.10 Å². The van der Waals surface area contributed by atoms with Crippen LogP contribution in [-0.4, -0.2) is 41.0 Å². The molecule has 0 spiro atoms. The molecule has 0 fully saturated rings. The third kappa shape index (κ3) is 2.29. The summed E-state index contributed by atoms with van der Waals surface area (Å²) in [5, 5.41) is 18.6. The molecule has 7 heteroatoms. The highest BCUT2D eigenvalue weighted by Gasteiger charge is 2.20. The van der Waals surface area contributed by atoms with E-state index in [1.54, 1.807) is 0 Å². The summed E-state index contributed by atoms with van der Waals surface area (Å²) in [5.41, 5.74) is 0.342. The summed E-state index contributed by atoms with van der Waals surface area (Å²) in [6.07, 6.45) is -1.38. The van der Waals surface area contributed by atoms with E-state index >= 15 is 0 Å². The molecule has 102 valence electrons. The number of hydrogen-bond donors (Lipinski definition) is 2. The monoisotopic (exact) mass is 268 g/mol. The zero-order valence-corrected chi connectivity index (χ0v) is 10.4. The van der Waals surface area contributed by atoms with E-state index in [0.29, 0.717) is 5.52 Å². The van der Waals surface area contributed by atoms with Crippen molar-refractivity contribution in [1.82, 2.24) is 9.97 Å². The normalized spacial score (nSPS) is 12.5. The third-order valence-electron chi connectivity index (χ3n) is 2.65. The minimum atomic E-state index is -1.38. The van der Waals surface area contributed by atoms with Gasteiger partial charge in [0.2, 0.25) is 0 Å². The smallest absolute Gasteiger partial charge is 0.278 e. The fraction of sp³-hybridized carbons (Fsp3) is 0.333. The molecule has 0 bridgehead atoms. The number of hydrogen-bond acceptors (Lipinski definition) is 6. The van der Waals surface area contributed by atoms with Gasteiger partial charge in [-0.1, -0.05) is 0 Å². The van der Waals surface area contributed by atoms with E-state index in [-0.39, 0.29) is 22.8 Å². The minimum Gasteiger partial charge on any atom is -0.477 e. The Balaban J connectivity index is 2.77. The number of aliphatic hydroxyl groups excluding tert-OH is 2. The van der Waals surface area contributed by atoms with Gasteiger partial charge in [-0.15, -0.1) is 0 Å². The molecule has 1 aromatic carbocycles. The van der Waals surface area contributed by atoms with Crippen LogP contribution >= 0.6 is 0 Å². The first kappa shape index (κ1) is 13.4. The third-order valence-corrected chi connectivity index (χ3v) is 2.65. The summed E-state index contributed by atoms with van der Waals surface area (Å²) >= 11 is 0. The predicted octanol–water partition coefficient (Wildman–Crippen LogP) is 0.812. The van der Waals surface area contributed by atoms with Gasteiger partial charge in [0.1, 0.15) is 17.4 Å². The van der Waals surface area contributed by atoms with Crippen LogP contribution < -0.4 is 9.47 Å². The lowest BCUT2D eigenvalue weighted by atomic mass is 10.1. The summed E-state index contributed by atoms with van der Waals surface area (Å²) in [4.78, 5) is 8.19. The van der Waals surface area contributed by atoms with Gasteiger partial charge in [-0.25, -0.2) is 14.4 Å². The Morgan fingerprint density at radius 2 is 1.84 bits per heavy atom. The first-order valence-electron chi connectivity index (χ1n) is 5.49. The molecular weight excluding hydrogens is 255 g/mol. The Hall–Kier alpha value is -1.99. The second-order valence-electron chi connectivity index (χ2n) is 3.77. The first-order valence-corrected chi connectivity index (χ1v) is 5.49. The van der Waals surface area contributed by atoms with E-state index in [1.165, 1.54) is 20.3 Å². The number of ether oxygens (including phenoxy) is 2. The summed E-state index contributed by atoms with van der Waals surface area (Å²) in [5.74, 6) is -0.436. The van der Waals surface area contributed by atoms with Crippen LogP contribution in [0.5, 0.6) is 11.8 Å². The summed E-state index contributed by atoms with van der Waals surface area (Å²) in [6, 6.07) is 2.56. The number of benzene rings is 1. The van der Waals surface area contributed by atoms with Gasteiger partial charge in [0.05, 0.1) is 26.3 Å². The zero-order valence-electron chi connectivity index (χ0n) is 10.4. The number of aliphatic hydroxyl groups is 2. The standard InChI is InChI=1S/C12H13FN2O4/c1-18-11-12(19-2)15-10-7(14-11)4-3-6(13)9(10)8(17)5-16/h3-4,8,16-17H,5H2,1-2H3/t8-/m1/s1. The second kappa shape index (κ2) is 5.33. The largest absolute Gasteiger partial charge is 0.477 e. The molecule has 2 rings (SSSR count). The van der Waals surface area contributed by atoms with E-state index in [4.69, 9.17) is 14.6 Å². The summed E-state index contributed by atoms with van der Waals surface area (Å²) in [7, 11) is 2.78. The number of methoxy groups -OCH3 is 2. The van der Waals surface area contributed by atoms with Gasteiger partial charge in [-0.3, -0.25) is 0 Å². The topological polar surface area (TPSA) is 84.7 Å². The van der Waals surface area contributed by atoms with Gasteiger partial charge in [-0.05, 0) is 12.1 Å². The van der Waals surface area contributed by atoms with Crippen LogP contribution in [0.1, 0.15) is 11.7 Å². The lowest BCUT2D eigenvalue weighted by Gasteiger charge is -2.13.